The number of benzene rings is 1. The van der Waals surface area contributed by atoms with Gasteiger partial charge in [-0.2, -0.15) is 0 Å². The third-order valence-electron chi connectivity index (χ3n) is 3.94. The Hall–Kier alpha value is -1.39. The van der Waals surface area contributed by atoms with Crippen LogP contribution in [0, 0.1) is 0 Å². The lowest BCUT2D eigenvalue weighted by molar-refractivity contribution is -0.135. The summed E-state index contributed by atoms with van der Waals surface area (Å²) in [6.07, 6.45) is 1.88. The maximum Gasteiger partial charge on any atom is 0.231 e. The van der Waals surface area contributed by atoms with Gasteiger partial charge in [0.15, 0.2) is 0 Å². The molecule has 0 fully saturated rings. The second kappa shape index (κ2) is 9.53. The van der Waals surface area contributed by atoms with E-state index in [4.69, 9.17) is 10.5 Å². The molecule has 0 saturated carbocycles. The van der Waals surface area contributed by atoms with Crippen molar-refractivity contribution in [3.05, 3.63) is 35.9 Å². The molecule has 1 unspecified atom stereocenters. The van der Waals surface area contributed by atoms with Crippen molar-refractivity contribution in [1.29, 1.82) is 0 Å². The molecule has 0 saturated heterocycles. The van der Waals surface area contributed by atoms with Crippen LogP contribution in [0.4, 0.5) is 0 Å². The van der Waals surface area contributed by atoms with Crippen molar-refractivity contribution < 1.29 is 9.53 Å². The fraction of sp³-hybridized carbons (Fsp3) is 0.588. The minimum absolute atomic E-state index is 0.106. The monoisotopic (exact) mass is 292 g/mol. The van der Waals surface area contributed by atoms with Gasteiger partial charge >= 0.3 is 0 Å². The van der Waals surface area contributed by atoms with Gasteiger partial charge in [0.1, 0.15) is 0 Å². The number of methoxy groups -OCH3 is 1. The first-order valence-corrected chi connectivity index (χ1v) is 7.73. The third-order valence-corrected chi connectivity index (χ3v) is 3.94. The van der Waals surface area contributed by atoms with Gasteiger partial charge in [0.2, 0.25) is 5.91 Å². The maximum atomic E-state index is 12.9. The quantitative estimate of drug-likeness (QED) is 0.760. The van der Waals surface area contributed by atoms with Crippen LogP contribution in [0.5, 0.6) is 0 Å². The summed E-state index contributed by atoms with van der Waals surface area (Å²) in [5, 5.41) is 0. The summed E-state index contributed by atoms with van der Waals surface area (Å²) in [6, 6.07) is 10.0. The van der Waals surface area contributed by atoms with E-state index in [2.05, 4.69) is 13.8 Å². The minimum atomic E-state index is -0.274. The van der Waals surface area contributed by atoms with Gasteiger partial charge in [-0.25, -0.2) is 0 Å². The molecule has 1 aromatic carbocycles. The molecule has 1 aromatic rings. The van der Waals surface area contributed by atoms with Crippen LogP contribution in [0.3, 0.4) is 0 Å². The normalized spacial score (nSPS) is 12.4. The lowest BCUT2D eigenvalue weighted by atomic mass is 9.96. The number of amides is 1. The summed E-state index contributed by atoms with van der Waals surface area (Å²) in [4.78, 5) is 14.9. The average Bonchev–Trinajstić information content (AvgIpc) is 2.53. The third kappa shape index (κ3) is 4.83. The molecular formula is C17H28N2O2. The van der Waals surface area contributed by atoms with Gasteiger partial charge in [0, 0.05) is 26.2 Å². The van der Waals surface area contributed by atoms with Crippen LogP contribution >= 0.6 is 0 Å². The Morgan fingerprint density at radius 3 is 2.33 bits per heavy atom. The first kappa shape index (κ1) is 17.7. The molecule has 0 spiro atoms. The van der Waals surface area contributed by atoms with Gasteiger partial charge in [-0.05, 0) is 18.4 Å². The predicted molar refractivity (Wildman–Crippen MR) is 86.2 cm³/mol. The first-order valence-electron chi connectivity index (χ1n) is 7.73. The van der Waals surface area contributed by atoms with E-state index in [9.17, 15) is 4.79 Å². The average molecular weight is 292 g/mol. The fourth-order valence-electron chi connectivity index (χ4n) is 2.66. The minimum Gasteiger partial charge on any atom is -0.383 e. The molecule has 0 aliphatic heterocycles. The Morgan fingerprint density at radius 1 is 1.24 bits per heavy atom. The molecule has 4 nitrogen and oxygen atoms in total. The molecule has 0 bridgehead atoms. The Bertz CT molecular complexity index is 405. The fourth-order valence-corrected chi connectivity index (χ4v) is 2.66. The number of carbonyl (C=O) groups excluding carboxylic acids is 1. The van der Waals surface area contributed by atoms with Crippen molar-refractivity contribution in [3.63, 3.8) is 0 Å². The second-order valence-electron chi connectivity index (χ2n) is 5.19. The zero-order chi connectivity index (χ0) is 15.7. The summed E-state index contributed by atoms with van der Waals surface area (Å²) in [7, 11) is 1.66. The summed E-state index contributed by atoms with van der Waals surface area (Å²) in [5.74, 6) is -0.168. The molecule has 1 amide bonds. The lowest BCUT2D eigenvalue weighted by Gasteiger charge is -2.33. The van der Waals surface area contributed by atoms with Crippen molar-refractivity contribution in [2.45, 2.75) is 38.6 Å². The molecule has 2 N–H and O–H groups in total. The Balaban J connectivity index is 2.95. The largest absolute Gasteiger partial charge is 0.383 e. The number of hydrogen-bond donors (Lipinski definition) is 1. The van der Waals surface area contributed by atoms with Crippen LogP contribution in [0.2, 0.25) is 0 Å². The highest BCUT2D eigenvalue weighted by Crippen LogP contribution is 2.20. The standard InChI is InChI=1S/C17H28N2O2/c1-4-15(5-2)19(11-12-21-3)17(20)16(13-18)14-9-7-6-8-10-14/h6-10,15-16H,4-5,11-13,18H2,1-3H3. The number of rotatable bonds is 9. The van der Waals surface area contributed by atoms with Crippen molar-refractivity contribution in [2.75, 3.05) is 26.8 Å². The molecule has 4 heteroatoms. The van der Waals surface area contributed by atoms with Crippen molar-refractivity contribution in [3.8, 4) is 0 Å². The van der Waals surface area contributed by atoms with Crippen molar-refractivity contribution in [2.24, 2.45) is 5.73 Å². The SMILES string of the molecule is CCC(CC)N(CCOC)C(=O)C(CN)c1ccccc1. The molecule has 118 valence electrons. The van der Waals surface area contributed by atoms with Crippen LogP contribution in [0.15, 0.2) is 30.3 Å². The van der Waals surface area contributed by atoms with Gasteiger partial charge in [-0.1, -0.05) is 44.2 Å². The van der Waals surface area contributed by atoms with E-state index >= 15 is 0 Å². The summed E-state index contributed by atoms with van der Waals surface area (Å²) in [5.41, 5.74) is 6.86. The van der Waals surface area contributed by atoms with Crippen molar-refractivity contribution >= 4 is 5.91 Å². The zero-order valence-corrected chi connectivity index (χ0v) is 13.4. The van der Waals surface area contributed by atoms with E-state index in [0.29, 0.717) is 19.7 Å². The molecule has 0 aliphatic carbocycles. The maximum absolute atomic E-state index is 12.9. The second-order valence-corrected chi connectivity index (χ2v) is 5.19. The summed E-state index contributed by atoms with van der Waals surface area (Å²) >= 11 is 0. The van der Waals surface area contributed by atoms with Gasteiger partial charge in [-0.3, -0.25) is 4.79 Å². The topological polar surface area (TPSA) is 55.6 Å². The van der Waals surface area contributed by atoms with Crippen LogP contribution in [0.1, 0.15) is 38.2 Å². The van der Waals surface area contributed by atoms with Crippen LogP contribution in [-0.4, -0.2) is 43.7 Å². The lowest BCUT2D eigenvalue weighted by Crippen LogP contribution is -2.45. The van der Waals surface area contributed by atoms with Crippen LogP contribution < -0.4 is 5.73 Å². The van der Waals surface area contributed by atoms with Crippen LogP contribution in [0.25, 0.3) is 0 Å². The number of nitrogens with two attached hydrogens (primary N) is 1. The Kier molecular flexibility index (Phi) is 8.01. The number of ether oxygens (including phenoxy) is 1. The first-order chi connectivity index (χ1) is 10.2. The smallest absolute Gasteiger partial charge is 0.231 e. The molecule has 0 heterocycles. The molecular weight excluding hydrogens is 264 g/mol. The highest BCUT2D eigenvalue weighted by molar-refractivity contribution is 5.84. The van der Waals surface area contributed by atoms with E-state index in [-0.39, 0.29) is 17.9 Å². The Labute approximate surface area is 128 Å². The number of hydrogen-bond acceptors (Lipinski definition) is 3. The van der Waals surface area contributed by atoms with Gasteiger partial charge in [0.25, 0.3) is 0 Å². The van der Waals surface area contributed by atoms with Crippen LogP contribution in [-0.2, 0) is 9.53 Å². The van der Waals surface area contributed by atoms with E-state index in [1.165, 1.54) is 0 Å². The molecule has 0 radical (unpaired) electrons. The van der Waals surface area contributed by atoms with Gasteiger partial charge in [0.05, 0.1) is 12.5 Å². The highest BCUT2D eigenvalue weighted by atomic mass is 16.5. The van der Waals surface area contributed by atoms with E-state index < -0.39 is 0 Å². The molecule has 1 atom stereocenters. The molecule has 1 rings (SSSR count). The molecule has 0 aromatic heterocycles. The predicted octanol–water partition coefficient (Wildman–Crippen LogP) is 2.39. The van der Waals surface area contributed by atoms with E-state index in [1.54, 1.807) is 7.11 Å². The van der Waals surface area contributed by atoms with Gasteiger partial charge in [-0.15, -0.1) is 0 Å². The summed E-state index contributed by atoms with van der Waals surface area (Å²) < 4.78 is 5.16. The zero-order valence-electron chi connectivity index (χ0n) is 13.4. The van der Waals surface area contributed by atoms with Crippen molar-refractivity contribution in [1.82, 2.24) is 4.90 Å². The van der Waals surface area contributed by atoms with E-state index in [1.807, 2.05) is 35.2 Å². The molecule has 21 heavy (non-hydrogen) atoms. The number of nitrogens with zero attached hydrogens (tertiary/aromatic N) is 1. The molecule has 0 aliphatic rings. The van der Waals surface area contributed by atoms with E-state index in [0.717, 1.165) is 18.4 Å². The van der Waals surface area contributed by atoms with Gasteiger partial charge < -0.3 is 15.4 Å². The summed E-state index contributed by atoms with van der Waals surface area (Å²) in [6.45, 7) is 5.72. The Morgan fingerprint density at radius 2 is 1.86 bits per heavy atom. The highest BCUT2D eigenvalue weighted by Gasteiger charge is 2.28. The number of carbonyl (C=O) groups is 1.